The molecule has 0 atom stereocenters. The van der Waals surface area contributed by atoms with Crippen molar-refractivity contribution < 1.29 is 13.9 Å². The highest BCUT2D eigenvalue weighted by Crippen LogP contribution is 2.24. The number of allylic oxidation sites excluding steroid dienone is 1. The van der Waals surface area contributed by atoms with Crippen LogP contribution < -0.4 is 4.74 Å². The first kappa shape index (κ1) is 14.1. The average molecular weight is 293 g/mol. The number of Topliss-reactive ketones (excluding diaryl/α,β-unsaturated/α-hetero) is 1. The third kappa shape index (κ3) is 2.76. The van der Waals surface area contributed by atoms with E-state index in [1.165, 1.54) is 6.92 Å². The van der Waals surface area contributed by atoms with Gasteiger partial charge in [-0.1, -0.05) is 24.3 Å². The lowest BCUT2D eigenvalue weighted by Crippen LogP contribution is -1.96. The van der Waals surface area contributed by atoms with Gasteiger partial charge in [0.05, 0.1) is 12.7 Å². The minimum absolute atomic E-state index is 0.0950. The van der Waals surface area contributed by atoms with Crippen molar-refractivity contribution >= 4 is 28.5 Å². The van der Waals surface area contributed by atoms with Crippen molar-refractivity contribution in [3.05, 3.63) is 60.0 Å². The maximum atomic E-state index is 12.0. The van der Waals surface area contributed by atoms with Crippen molar-refractivity contribution in [1.29, 1.82) is 0 Å². The molecule has 0 unspecified atom stereocenters. The number of para-hydroxylation sites is 2. The lowest BCUT2D eigenvalue weighted by atomic mass is 10.1. The molecule has 0 bridgehead atoms. The van der Waals surface area contributed by atoms with E-state index in [1.54, 1.807) is 13.2 Å². The molecule has 0 radical (unpaired) electrons. The van der Waals surface area contributed by atoms with Crippen molar-refractivity contribution in [3.8, 4) is 5.75 Å². The minimum atomic E-state index is -0.0950. The number of hydrogen-bond acceptors (Lipinski definition) is 4. The molecule has 0 amide bonds. The number of oxazole rings is 1. The predicted octanol–water partition coefficient (Wildman–Crippen LogP) is 3.97. The topological polar surface area (TPSA) is 52.3 Å². The molecule has 2 aromatic carbocycles. The highest BCUT2D eigenvalue weighted by Gasteiger charge is 2.14. The number of carbonyl (C=O) groups is 1. The zero-order chi connectivity index (χ0) is 15.5. The highest BCUT2D eigenvalue weighted by atomic mass is 16.5. The molecule has 0 saturated heterocycles. The van der Waals surface area contributed by atoms with E-state index in [1.807, 2.05) is 48.5 Å². The number of carbonyl (C=O) groups excluding carboxylic acids is 1. The van der Waals surface area contributed by atoms with Crippen molar-refractivity contribution in [2.75, 3.05) is 7.11 Å². The van der Waals surface area contributed by atoms with Gasteiger partial charge in [0.2, 0.25) is 5.89 Å². The highest BCUT2D eigenvalue weighted by molar-refractivity contribution is 6.23. The Kier molecular flexibility index (Phi) is 3.74. The average Bonchev–Trinajstić information content (AvgIpc) is 2.96. The van der Waals surface area contributed by atoms with Crippen molar-refractivity contribution in [2.24, 2.45) is 0 Å². The largest absolute Gasteiger partial charge is 0.497 e. The number of hydrogen-bond donors (Lipinski definition) is 0. The van der Waals surface area contributed by atoms with Crippen LogP contribution in [0, 0.1) is 0 Å². The molecule has 1 heterocycles. The molecular formula is C18H15NO3. The van der Waals surface area contributed by atoms with Gasteiger partial charge < -0.3 is 9.15 Å². The molecule has 4 nitrogen and oxygen atoms in total. The number of methoxy groups -OCH3 is 1. The lowest BCUT2D eigenvalue weighted by molar-refractivity contribution is -0.111. The molecule has 0 aliphatic heterocycles. The molecule has 0 aliphatic carbocycles. The summed E-state index contributed by atoms with van der Waals surface area (Å²) in [6.07, 6.45) is 1.77. The van der Waals surface area contributed by atoms with Gasteiger partial charge in [0.25, 0.3) is 0 Å². The maximum Gasteiger partial charge on any atom is 0.230 e. The summed E-state index contributed by atoms with van der Waals surface area (Å²) in [5, 5.41) is 0. The molecule has 3 aromatic rings. The molecule has 4 heteroatoms. The Bertz CT molecular complexity index is 811. The van der Waals surface area contributed by atoms with Gasteiger partial charge in [-0.3, -0.25) is 4.79 Å². The minimum Gasteiger partial charge on any atom is -0.497 e. The second kappa shape index (κ2) is 5.85. The zero-order valence-electron chi connectivity index (χ0n) is 12.4. The van der Waals surface area contributed by atoms with Crippen molar-refractivity contribution in [2.45, 2.75) is 6.92 Å². The van der Waals surface area contributed by atoms with Crippen LogP contribution in [0.2, 0.25) is 0 Å². The quantitative estimate of drug-likeness (QED) is 0.683. The Morgan fingerprint density at radius 2 is 1.86 bits per heavy atom. The van der Waals surface area contributed by atoms with Crippen molar-refractivity contribution in [1.82, 2.24) is 4.98 Å². The molecule has 0 saturated carbocycles. The van der Waals surface area contributed by atoms with E-state index in [-0.39, 0.29) is 5.78 Å². The van der Waals surface area contributed by atoms with Gasteiger partial charge >= 0.3 is 0 Å². The van der Waals surface area contributed by atoms with E-state index >= 15 is 0 Å². The Labute approximate surface area is 128 Å². The first-order valence-electron chi connectivity index (χ1n) is 6.90. The van der Waals surface area contributed by atoms with E-state index in [2.05, 4.69) is 4.98 Å². The smallest absolute Gasteiger partial charge is 0.230 e. The predicted molar refractivity (Wildman–Crippen MR) is 85.6 cm³/mol. The summed E-state index contributed by atoms with van der Waals surface area (Å²) in [6, 6.07) is 14.9. The number of nitrogens with zero attached hydrogens (tertiary/aromatic N) is 1. The maximum absolute atomic E-state index is 12.0. The van der Waals surface area contributed by atoms with Gasteiger partial charge in [0.1, 0.15) is 11.3 Å². The molecular weight excluding hydrogens is 278 g/mol. The summed E-state index contributed by atoms with van der Waals surface area (Å²) in [5.74, 6) is 1.01. The van der Waals surface area contributed by atoms with E-state index in [9.17, 15) is 4.79 Å². The Hall–Kier alpha value is -2.88. The van der Waals surface area contributed by atoms with Crippen LogP contribution in [-0.2, 0) is 4.79 Å². The molecule has 0 fully saturated rings. The summed E-state index contributed by atoms with van der Waals surface area (Å²) in [6.45, 7) is 1.50. The summed E-state index contributed by atoms with van der Waals surface area (Å²) < 4.78 is 10.8. The van der Waals surface area contributed by atoms with Crippen LogP contribution in [0.1, 0.15) is 18.4 Å². The lowest BCUT2D eigenvalue weighted by Gasteiger charge is -2.01. The zero-order valence-corrected chi connectivity index (χ0v) is 12.4. The van der Waals surface area contributed by atoms with E-state index in [0.717, 1.165) is 16.8 Å². The van der Waals surface area contributed by atoms with Gasteiger partial charge in [-0.2, -0.15) is 0 Å². The number of aromatic nitrogens is 1. The number of fused-ring (bicyclic) bond motifs is 1. The summed E-state index contributed by atoms with van der Waals surface area (Å²) in [4.78, 5) is 16.3. The fraction of sp³-hybridized carbons (Fsp3) is 0.111. The number of rotatable bonds is 4. The van der Waals surface area contributed by atoms with Gasteiger partial charge in [-0.15, -0.1) is 0 Å². The summed E-state index contributed by atoms with van der Waals surface area (Å²) >= 11 is 0. The van der Waals surface area contributed by atoms with Gasteiger partial charge in [0, 0.05) is 0 Å². The van der Waals surface area contributed by atoms with Crippen LogP contribution in [0.5, 0.6) is 5.75 Å². The molecule has 1 aromatic heterocycles. The van der Waals surface area contributed by atoms with Crippen molar-refractivity contribution in [3.63, 3.8) is 0 Å². The fourth-order valence-electron chi connectivity index (χ4n) is 2.17. The molecule has 0 spiro atoms. The Morgan fingerprint density at radius 1 is 1.14 bits per heavy atom. The van der Waals surface area contributed by atoms with Crippen LogP contribution in [0.3, 0.4) is 0 Å². The number of benzene rings is 2. The van der Waals surface area contributed by atoms with E-state index < -0.39 is 0 Å². The van der Waals surface area contributed by atoms with Crippen LogP contribution in [0.4, 0.5) is 0 Å². The molecule has 110 valence electrons. The number of ether oxygens (including phenoxy) is 1. The molecule has 22 heavy (non-hydrogen) atoms. The van der Waals surface area contributed by atoms with Gasteiger partial charge in [0.15, 0.2) is 11.4 Å². The summed E-state index contributed by atoms with van der Waals surface area (Å²) in [7, 11) is 1.62. The second-order valence-corrected chi connectivity index (χ2v) is 4.87. The first-order valence-corrected chi connectivity index (χ1v) is 6.90. The third-order valence-electron chi connectivity index (χ3n) is 3.33. The van der Waals surface area contributed by atoms with Gasteiger partial charge in [-0.05, 0) is 42.8 Å². The van der Waals surface area contributed by atoms with Gasteiger partial charge in [-0.25, -0.2) is 4.98 Å². The molecule has 3 rings (SSSR count). The first-order chi connectivity index (χ1) is 10.7. The van der Waals surface area contributed by atoms with Crippen LogP contribution in [0.15, 0.2) is 52.9 Å². The monoisotopic (exact) mass is 293 g/mol. The van der Waals surface area contributed by atoms with Crippen LogP contribution >= 0.6 is 0 Å². The fourth-order valence-corrected chi connectivity index (χ4v) is 2.17. The second-order valence-electron chi connectivity index (χ2n) is 4.87. The molecule has 0 N–H and O–H groups in total. The number of ketones is 1. The van der Waals surface area contributed by atoms with Crippen LogP contribution in [0.25, 0.3) is 22.7 Å². The Balaban J connectivity index is 2.04. The van der Waals surface area contributed by atoms with E-state index in [4.69, 9.17) is 9.15 Å². The standard InChI is InChI=1S/C18H15NO3/c1-12(20)15(11-13-7-9-14(21-2)10-8-13)18-19-16-5-3-4-6-17(16)22-18/h3-11H,1-2H3/b15-11+. The SMILES string of the molecule is COc1ccc(/C=C(\C(C)=O)c2nc3ccccc3o2)cc1. The van der Waals surface area contributed by atoms with E-state index in [0.29, 0.717) is 17.0 Å². The Morgan fingerprint density at radius 3 is 2.50 bits per heavy atom. The third-order valence-corrected chi connectivity index (χ3v) is 3.33. The molecule has 0 aliphatic rings. The summed E-state index contributed by atoms with van der Waals surface area (Å²) in [5.41, 5.74) is 2.73. The van der Waals surface area contributed by atoms with Crippen LogP contribution in [-0.4, -0.2) is 17.9 Å². The normalized spacial score (nSPS) is 11.6.